The van der Waals surface area contributed by atoms with Gasteiger partial charge in [-0.05, 0) is 74.4 Å². The van der Waals surface area contributed by atoms with Gasteiger partial charge in [-0.1, -0.05) is 48.5 Å². The lowest BCUT2D eigenvalue weighted by Crippen LogP contribution is -2.37. The van der Waals surface area contributed by atoms with Crippen molar-refractivity contribution in [2.75, 3.05) is 23.5 Å². The van der Waals surface area contributed by atoms with Crippen LogP contribution in [0.3, 0.4) is 0 Å². The van der Waals surface area contributed by atoms with Gasteiger partial charge in [0.15, 0.2) is 0 Å². The van der Waals surface area contributed by atoms with Crippen LogP contribution in [0.2, 0.25) is 0 Å². The van der Waals surface area contributed by atoms with Crippen LogP contribution in [0.15, 0.2) is 110 Å². The predicted molar refractivity (Wildman–Crippen MR) is 148 cm³/mol. The number of hydrogen-bond donors (Lipinski definition) is 0. The van der Waals surface area contributed by atoms with Crippen LogP contribution >= 0.6 is 0 Å². The maximum absolute atomic E-state index is 4.71. The van der Waals surface area contributed by atoms with E-state index in [1.54, 1.807) is 0 Å². The molecule has 0 spiro atoms. The molecule has 4 heteroatoms. The zero-order valence-electron chi connectivity index (χ0n) is 20.9. The molecule has 176 valence electrons. The number of nitrogens with zero attached hydrogens (tertiary/aromatic N) is 4. The van der Waals surface area contributed by atoms with E-state index < -0.39 is 0 Å². The minimum Gasteiger partial charge on any atom is -0.361 e. The lowest BCUT2D eigenvalue weighted by Gasteiger charge is -2.38. The first kappa shape index (κ1) is 22.7. The van der Waals surface area contributed by atoms with Crippen LogP contribution in [0.5, 0.6) is 0 Å². The molecule has 0 saturated heterocycles. The Kier molecular flexibility index (Phi) is 6.04. The van der Waals surface area contributed by atoms with E-state index in [0.29, 0.717) is 0 Å². The number of benzene rings is 3. The summed E-state index contributed by atoms with van der Waals surface area (Å²) >= 11 is 0. The molecule has 0 aliphatic carbocycles. The van der Waals surface area contributed by atoms with Crippen molar-refractivity contribution >= 4 is 17.1 Å². The highest BCUT2D eigenvalue weighted by Crippen LogP contribution is 2.37. The highest BCUT2D eigenvalue weighted by Gasteiger charge is 2.25. The summed E-state index contributed by atoms with van der Waals surface area (Å²) in [5, 5.41) is 0. The van der Waals surface area contributed by atoms with Crippen LogP contribution in [0.1, 0.15) is 20.8 Å². The molecule has 2 heterocycles. The quantitative estimate of drug-likeness (QED) is 0.307. The van der Waals surface area contributed by atoms with E-state index in [1.807, 2.05) is 12.3 Å². The summed E-state index contributed by atoms with van der Waals surface area (Å²) in [5.74, 6) is 0. The summed E-state index contributed by atoms with van der Waals surface area (Å²) in [6, 6.07) is 32.2. The van der Waals surface area contributed by atoms with Crippen molar-refractivity contribution in [1.29, 1.82) is 0 Å². The Bertz CT molecular complexity index is 1340. The molecule has 0 saturated carbocycles. The summed E-state index contributed by atoms with van der Waals surface area (Å²) < 4.78 is 0. The summed E-state index contributed by atoms with van der Waals surface area (Å²) in [6.07, 6.45) is 6.14. The van der Waals surface area contributed by atoms with Gasteiger partial charge in [0.1, 0.15) is 0 Å². The minimum absolute atomic E-state index is 0.117. The zero-order chi connectivity index (χ0) is 24.4. The standard InChI is InChI=1S/C31H32N4/c1-31(2,3)35(29-15-9-13-27(22-29)34-19-18-33(4)23-34)28-14-8-12-26(20-28)30-21-25(16-17-32-30)24-10-6-5-7-11-24/h5-22H,23H2,1-4H3. The van der Waals surface area contributed by atoms with Gasteiger partial charge < -0.3 is 14.7 Å². The third-order valence-electron chi connectivity index (χ3n) is 6.23. The van der Waals surface area contributed by atoms with Gasteiger partial charge in [0.2, 0.25) is 0 Å². The fourth-order valence-electron chi connectivity index (χ4n) is 4.63. The van der Waals surface area contributed by atoms with Gasteiger partial charge in [0, 0.05) is 53.8 Å². The molecule has 4 aromatic rings. The van der Waals surface area contributed by atoms with Crippen molar-refractivity contribution in [2.45, 2.75) is 26.3 Å². The van der Waals surface area contributed by atoms with Crippen molar-refractivity contribution in [2.24, 2.45) is 0 Å². The zero-order valence-corrected chi connectivity index (χ0v) is 20.9. The van der Waals surface area contributed by atoms with Crippen molar-refractivity contribution in [3.63, 3.8) is 0 Å². The molecule has 0 amide bonds. The highest BCUT2D eigenvalue weighted by molar-refractivity contribution is 5.76. The number of rotatable bonds is 5. The average Bonchev–Trinajstić information content (AvgIpc) is 3.31. The molecule has 4 nitrogen and oxygen atoms in total. The van der Waals surface area contributed by atoms with Crippen LogP contribution in [0.25, 0.3) is 22.4 Å². The highest BCUT2D eigenvalue weighted by atomic mass is 15.3. The first-order chi connectivity index (χ1) is 16.9. The van der Waals surface area contributed by atoms with Crippen molar-refractivity contribution < 1.29 is 0 Å². The van der Waals surface area contributed by atoms with Gasteiger partial charge >= 0.3 is 0 Å². The van der Waals surface area contributed by atoms with E-state index >= 15 is 0 Å². The minimum atomic E-state index is -0.117. The van der Waals surface area contributed by atoms with Gasteiger partial charge in [0.05, 0.1) is 12.4 Å². The molecular weight excluding hydrogens is 428 g/mol. The lowest BCUT2D eigenvalue weighted by atomic mass is 10.00. The fraction of sp³-hybridized carbons (Fsp3) is 0.194. The maximum atomic E-state index is 4.71. The fourth-order valence-corrected chi connectivity index (χ4v) is 4.63. The Morgan fingerprint density at radius 1 is 0.714 bits per heavy atom. The third-order valence-corrected chi connectivity index (χ3v) is 6.23. The van der Waals surface area contributed by atoms with Crippen LogP contribution in [-0.2, 0) is 0 Å². The number of hydrogen-bond acceptors (Lipinski definition) is 4. The normalized spacial score (nSPS) is 13.4. The molecule has 1 aliphatic heterocycles. The Labute approximate surface area is 208 Å². The summed E-state index contributed by atoms with van der Waals surface area (Å²) in [7, 11) is 2.09. The van der Waals surface area contributed by atoms with E-state index in [1.165, 1.54) is 22.5 Å². The number of aromatic nitrogens is 1. The maximum Gasteiger partial charge on any atom is 0.0938 e. The molecule has 0 radical (unpaired) electrons. The second-order valence-electron chi connectivity index (χ2n) is 10.0. The molecule has 35 heavy (non-hydrogen) atoms. The third kappa shape index (κ3) is 4.92. The van der Waals surface area contributed by atoms with Crippen LogP contribution in [0.4, 0.5) is 17.1 Å². The molecule has 3 aromatic carbocycles. The number of anilines is 3. The molecule has 0 bridgehead atoms. The molecule has 0 N–H and O–H groups in total. The van der Waals surface area contributed by atoms with Gasteiger partial charge in [-0.25, -0.2) is 0 Å². The van der Waals surface area contributed by atoms with E-state index in [9.17, 15) is 0 Å². The second kappa shape index (κ2) is 9.30. The number of pyridine rings is 1. The van der Waals surface area contributed by atoms with E-state index in [2.05, 4.69) is 140 Å². The van der Waals surface area contributed by atoms with E-state index in [4.69, 9.17) is 4.98 Å². The first-order valence-electron chi connectivity index (χ1n) is 12.1. The lowest BCUT2D eigenvalue weighted by molar-refractivity contribution is 0.495. The van der Waals surface area contributed by atoms with Crippen LogP contribution in [0, 0.1) is 0 Å². The molecule has 5 rings (SSSR count). The van der Waals surface area contributed by atoms with Crippen LogP contribution in [-0.4, -0.2) is 29.1 Å². The predicted octanol–water partition coefficient (Wildman–Crippen LogP) is 7.53. The van der Waals surface area contributed by atoms with Crippen molar-refractivity contribution in [3.05, 3.63) is 110 Å². The van der Waals surface area contributed by atoms with Gasteiger partial charge in [-0.3, -0.25) is 4.98 Å². The summed E-state index contributed by atoms with van der Waals surface area (Å²) in [4.78, 5) is 11.6. The summed E-state index contributed by atoms with van der Waals surface area (Å²) in [5.41, 5.74) is 7.83. The van der Waals surface area contributed by atoms with Gasteiger partial charge in [0.25, 0.3) is 0 Å². The molecular formula is C31H32N4. The average molecular weight is 461 g/mol. The Morgan fingerprint density at radius 3 is 2.14 bits per heavy atom. The van der Waals surface area contributed by atoms with Crippen molar-refractivity contribution in [3.8, 4) is 22.4 Å². The molecule has 0 unspecified atom stereocenters. The van der Waals surface area contributed by atoms with Crippen molar-refractivity contribution in [1.82, 2.24) is 9.88 Å². The SMILES string of the molecule is CN1C=CN(c2cccc(N(c3cccc(-c4cc(-c5ccccc5)ccn4)c3)C(C)(C)C)c2)C1. The summed E-state index contributed by atoms with van der Waals surface area (Å²) in [6.45, 7) is 7.62. The van der Waals surface area contributed by atoms with Gasteiger partial charge in [-0.15, -0.1) is 0 Å². The Balaban J connectivity index is 1.52. The molecule has 0 fully saturated rings. The largest absolute Gasteiger partial charge is 0.361 e. The Hall–Kier alpha value is -4.05. The molecule has 0 atom stereocenters. The smallest absolute Gasteiger partial charge is 0.0938 e. The monoisotopic (exact) mass is 460 g/mol. The molecule has 1 aliphatic rings. The van der Waals surface area contributed by atoms with Crippen LogP contribution < -0.4 is 9.80 Å². The second-order valence-corrected chi connectivity index (χ2v) is 10.0. The van der Waals surface area contributed by atoms with Gasteiger partial charge in [-0.2, -0.15) is 0 Å². The van der Waals surface area contributed by atoms with E-state index in [0.717, 1.165) is 23.6 Å². The molecule has 1 aromatic heterocycles. The van der Waals surface area contributed by atoms with E-state index in [-0.39, 0.29) is 5.54 Å². The Morgan fingerprint density at radius 2 is 1.43 bits per heavy atom. The first-order valence-corrected chi connectivity index (χ1v) is 12.1. The topological polar surface area (TPSA) is 22.6 Å².